The molecule has 0 N–H and O–H groups in total. The third-order valence-corrected chi connectivity index (χ3v) is 5.69. The first kappa shape index (κ1) is 10.5. The van der Waals surface area contributed by atoms with Gasteiger partial charge in [0.2, 0.25) is 0 Å². The lowest BCUT2D eigenvalue weighted by molar-refractivity contribution is 0.569. The molecule has 0 saturated heterocycles. The Morgan fingerprint density at radius 1 is 1.20 bits per heavy atom. The van der Waals surface area contributed by atoms with Crippen molar-refractivity contribution in [2.45, 2.75) is 45.8 Å². The van der Waals surface area contributed by atoms with E-state index in [9.17, 15) is 0 Å². The van der Waals surface area contributed by atoms with Crippen LogP contribution in [0.3, 0.4) is 0 Å². The first-order valence-corrected chi connectivity index (χ1v) is 8.12. The van der Waals surface area contributed by atoms with Gasteiger partial charge in [-0.05, 0) is 17.9 Å². The molecule has 0 aliphatic heterocycles. The first-order valence-electron chi connectivity index (χ1n) is 4.03. The van der Waals surface area contributed by atoms with Crippen molar-refractivity contribution in [3.8, 4) is 0 Å². The van der Waals surface area contributed by atoms with Crippen molar-refractivity contribution in [2.75, 3.05) is 0 Å². The van der Waals surface area contributed by atoms with E-state index in [0.29, 0.717) is 0 Å². The lowest BCUT2D eigenvalue weighted by Gasteiger charge is -2.23. The van der Waals surface area contributed by atoms with E-state index in [2.05, 4.69) is 33.9 Å². The van der Waals surface area contributed by atoms with Crippen LogP contribution in [0.15, 0.2) is 0 Å². The minimum atomic E-state index is -1.35. The molecule has 0 aliphatic rings. The Balaban J connectivity index is 3.73. The van der Waals surface area contributed by atoms with Crippen LogP contribution in [0, 0.1) is 5.92 Å². The third kappa shape index (κ3) is 4.34. The molecule has 0 saturated carbocycles. The number of hydrogen-bond acceptors (Lipinski definition) is 0. The van der Waals surface area contributed by atoms with Gasteiger partial charge in [-0.3, -0.25) is 0 Å². The van der Waals surface area contributed by atoms with E-state index in [4.69, 9.17) is 11.1 Å². The maximum absolute atomic E-state index is 6.27. The Morgan fingerprint density at radius 3 is 1.70 bits per heavy atom. The highest BCUT2D eigenvalue weighted by atomic mass is 35.6. The predicted molar refractivity (Wildman–Crippen MR) is 52.2 cm³/mol. The Labute approximate surface area is 70.7 Å². The molecule has 0 amide bonds. The summed E-state index contributed by atoms with van der Waals surface area (Å²) in [6, 6.07) is 0. The normalized spacial score (nSPS) is 15.9. The van der Waals surface area contributed by atoms with Gasteiger partial charge in [-0.1, -0.05) is 33.9 Å². The van der Waals surface area contributed by atoms with Gasteiger partial charge in [0.1, 0.15) is 0 Å². The quantitative estimate of drug-likeness (QED) is 0.455. The third-order valence-electron chi connectivity index (χ3n) is 2.00. The molecule has 0 heterocycles. The molecule has 10 heavy (non-hydrogen) atoms. The second-order valence-corrected chi connectivity index (χ2v) is 11.1. The van der Waals surface area contributed by atoms with E-state index in [1.54, 1.807) is 0 Å². The maximum Gasteiger partial charge on any atom is 0.153 e. The molecule has 0 fully saturated rings. The highest BCUT2D eigenvalue weighted by Crippen LogP contribution is 2.30. The van der Waals surface area contributed by atoms with Crippen molar-refractivity contribution >= 4 is 18.5 Å². The minimum absolute atomic E-state index is 0.745. The molecule has 0 aromatic carbocycles. The molecule has 0 bridgehead atoms. The molecular formula is C8H19ClSi. The molecule has 1 unspecified atom stereocenters. The average molecular weight is 179 g/mol. The molecule has 0 aromatic heterocycles. The summed E-state index contributed by atoms with van der Waals surface area (Å²) < 4.78 is 0. The van der Waals surface area contributed by atoms with Crippen LogP contribution in [0.4, 0.5) is 0 Å². The monoisotopic (exact) mass is 178 g/mol. The van der Waals surface area contributed by atoms with Crippen LogP contribution >= 0.6 is 11.1 Å². The molecular weight excluding hydrogens is 160 g/mol. The zero-order valence-electron chi connectivity index (χ0n) is 7.74. The molecule has 2 heteroatoms. The van der Waals surface area contributed by atoms with Gasteiger partial charge in [-0.2, -0.15) is 11.1 Å². The number of halogens is 1. The lowest BCUT2D eigenvalue weighted by Crippen LogP contribution is -2.24. The second-order valence-electron chi connectivity index (χ2n) is 4.10. The van der Waals surface area contributed by atoms with E-state index < -0.39 is 7.38 Å². The summed E-state index contributed by atoms with van der Waals surface area (Å²) in [5.41, 5.74) is 0.745. The van der Waals surface area contributed by atoms with Crippen LogP contribution in [0.5, 0.6) is 0 Å². The standard InChI is InChI=1S/C8H19ClSi/c1-7(2)6-8(3)10(4,5)9/h7-8H,6H2,1-5H3. The lowest BCUT2D eigenvalue weighted by atomic mass is 10.1. The largest absolute Gasteiger partial charge is 0.167 e. The van der Waals surface area contributed by atoms with Gasteiger partial charge < -0.3 is 0 Å². The summed E-state index contributed by atoms with van der Waals surface area (Å²) in [4.78, 5) is 0. The van der Waals surface area contributed by atoms with Gasteiger partial charge in [-0.15, -0.1) is 0 Å². The van der Waals surface area contributed by atoms with Crippen molar-refractivity contribution in [3.05, 3.63) is 0 Å². The summed E-state index contributed by atoms with van der Waals surface area (Å²) in [6.45, 7) is 11.2. The maximum atomic E-state index is 6.27. The smallest absolute Gasteiger partial charge is 0.153 e. The van der Waals surface area contributed by atoms with E-state index in [0.717, 1.165) is 11.5 Å². The molecule has 62 valence electrons. The fourth-order valence-corrected chi connectivity index (χ4v) is 2.29. The van der Waals surface area contributed by atoms with Crippen LogP contribution < -0.4 is 0 Å². The highest BCUT2D eigenvalue weighted by Gasteiger charge is 2.25. The van der Waals surface area contributed by atoms with Crippen LogP contribution in [0.1, 0.15) is 27.2 Å². The van der Waals surface area contributed by atoms with Crippen molar-refractivity contribution in [1.82, 2.24) is 0 Å². The molecule has 1 atom stereocenters. The summed E-state index contributed by atoms with van der Waals surface area (Å²) in [5.74, 6) is 0.792. The molecule has 0 spiro atoms. The van der Waals surface area contributed by atoms with E-state index in [1.807, 2.05) is 0 Å². The highest BCUT2D eigenvalue weighted by molar-refractivity contribution is 7.19. The van der Waals surface area contributed by atoms with Gasteiger partial charge in [0.25, 0.3) is 0 Å². The zero-order valence-corrected chi connectivity index (χ0v) is 9.50. The molecule has 0 aromatic rings. The SMILES string of the molecule is CC(C)CC(C)[Si](C)(C)Cl. The Kier molecular flexibility index (Phi) is 3.96. The van der Waals surface area contributed by atoms with Crippen molar-refractivity contribution in [1.29, 1.82) is 0 Å². The van der Waals surface area contributed by atoms with Gasteiger partial charge in [0.05, 0.1) is 0 Å². The summed E-state index contributed by atoms with van der Waals surface area (Å²) in [6.07, 6.45) is 1.28. The van der Waals surface area contributed by atoms with Gasteiger partial charge in [-0.25, -0.2) is 0 Å². The van der Waals surface area contributed by atoms with Crippen LogP contribution in [-0.4, -0.2) is 7.38 Å². The first-order chi connectivity index (χ1) is 4.34. The number of rotatable bonds is 3. The van der Waals surface area contributed by atoms with Crippen LogP contribution in [-0.2, 0) is 0 Å². The summed E-state index contributed by atoms with van der Waals surface area (Å²) >= 11 is 6.27. The molecule has 0 aliphatic carbocycles. The van der Waals surface area contributed by atoms with E-state index >= 15 is 0 Å². The Morgan fingerprint density at radius 2 is 1.60 bits per heavy atom. The molecule has 0 rings (SSSR count). The molecule has 0 radical (unpaired) electrons. The minimum Gasteiger partial charge on any atom is -0.167 e. The van der Waals surface area contributed by atoms with E-state index in [-0.39, 0.29) is 0 Å². The second kappa shape index (κ2) is 3.77. The molecule has 0 nitrogen and oxygen atoms in total. The topological polar surface area (TPSA) is 0 Å². The van der Waals surface area contributed by atoms with E-state index in [1.165, 1.54) is 6.42 Å². The van der Waals surface area contributed by atoms with Gasteiger partial charge >= 0.3 is 0 Å². The van der Waals surface area contributed by atoms with Crippen LogP contribution in [0.25, 0.3) is 0 Å². The van der Waals surface area contributed by atoms with Crippen molar-refractivity contribution < 1.29 is 0 Å². The fraction of sp³-hybridized carbons (Fsp3) is 1.00. The predicted octanol–water partition coefficient (Wildman–Crippen LogP) is 3.87. The Hall–Kier alpha value is 0.507. The van der Waals surface area contributed by atoms with Gasteiger partial charge in [0, 0.05) is 0 Å². The van der Waals surface area contributed by atoms with Crippen LogP contribution in [0.2, 0.25) is 18.6 Å². The fourth-order valence-electron chi connectivity index (χ4n) is 0.987. The van der Waals surface area contributed by atoms with Crippen molar-refractivity contribution in [2.24, 2.45) is 5.92 Å². The van der Waals surface area contributed by atoms with Gasteiger partial charge in [0.15, 0.2) is 7.38 Å². The zero-order chi connectivity index (χ0) is 8.36. The average Bonchev–Trinajstić information content (AvgIpc) is 1.60. The summed E-state index contributed by atoms with van der Waals surface area (Å²) in [7, 11) is -1.35. The number of hydrogen-bond donors (Lipinski definition) is 0. The van der Waals surface area contributed by atoms with Crippen molar-refractivity contribution in [3.63, 3.8) is 0 Å². The Bertz CT molecular complexity index is 93.9. The summed E-state index contributed by atoms with van der Waals surface area (Å²) in [5, 5.41) is 0.